The SMILES string of the molecule is O=C(O)[C@@H]1[C@@H]2CC[C@@H](C2)[C@@H]1C(=O)Nc1ccc(Oc2ccccc2)cc1. The molecule has 0 aromatic heterocycles. The number of benzene rings is 2. The first-order valence-corrected chi connectivity index (χ1v) is 8.98. The van der Waals surface area contributed by atoms with Gasteiger partial charge in [0.2, 0.25) is 5.91 Å². The Morgan fingerprint density at radius 2 is 1.50 bits per heavy atom. The van der Waals surface area contributed by atoms with E-state index in [2.05, 4.69) is 5.32 Å². The highest BCUT2D eigenvalue weighted by Crippen LogP contribution is 2.52. The van der Waals surface area contributed by atoms with E-state index in [1.165, 1.54) is 0 Å². The molecule has 5 nitrogen and oxygen atoms in total. The number of hydrogen-bond acceptors (Lipinski definition) is 3. The number of carbonyl (C=O) groups is 2. The first-order chi connectivity index (χ1) is 12.6. The summed E-state index contributed by atoms with van der Waals surface area (Å²) in [7, 11) is 0. The molecule has 2 aromatic carbocycles. The van der Waals surface area contributed by atoms with Gasteiger partial charge in [0.1, 0.15) is 11.5 Å². The van der Waals surface area contributed by atoms with Gasteiger partial charge in [0, 0.05) is 5.69 Å². The van der Waals surface area contributed by atoms with Crippen molar-refractivity contribution in [2.45, 2.75) is 19.3 Å². The van der Waals surface area contributed by atoms with Crippen molar-refractivity contribution in [2.75, 3.05) is 5.32 Å². The highest BCUT2D eigenvalue weighted by molar-refractivity contribution is 5.96. The molecular weight excluding hydrogens is 330 g/mol. The summed E-state index contributed by atoms with van der Waals surface area (Å²) in [6.07, 6.45) is 2.74. The average molecular weight is 351 g/mol. The van der Waals surface area contributed by atoms with E-state index < -0.39 is 17.8 Å². The molecule has 134 valence electrons. The minimum absolute atomic E-state index is 0.148. The smallest absolute Gasteiger partial charge is 0.307 e. The number of carboxylic acid groups (broad SMARTS) is 1. The van der Waals surface area contributed by atoms with Crippen LogP contribution in [0.25, 0.3) is 0 Å². The normalized spacial score (nSPS) is 26.5. The summed E-state index contributed by atoms with van der Waals surface area (Å²) >= 11 is 0. The van der Waals surface area contributed by atoms with Crippen molar-refractivity contribution < 1.29 is 19.4 Å². The zero-order chi connectivity index (χ0) is 18.1. The Labute approximate surface area is 152 Å². The van der Waals surface area contributed by atoms with E-state index in [4.69, 9.17) is 4.74 Å². The fraction of sp³-hybridized carbons (Fsp3) is 0.333. The second-order valence-corrected chi connectivity index (χ2v) is 7.15. The van der Waals surface area contributed by atoms with Crippen molar-refractivity contribution in [3.8, 4) is 11.5 Å². The van der Waals surface area contributed by atoms with Gasteiger partial charge in [0.15, 0.2) is 0 Å². The average Bonchev–Trinajstić information content (AvgIpc) is 3.25. The first-order valence-electron chi connectivity index (χ1n) is 8.98. The number of fused-ring (bicyclic) bond motifs is 2. The van der Waals surface area contributed by atoms with Crippen LogP contribution in [0.4, 0.5) is 5.69 Å². The summed E-state index contributed by atoms with van der Waals surface area (Å²) in [4.78, 5) is 24.3. The summed E-state index contributed by atoms with van der Waals surface area (Å²) in [5.41, 5.74) is 0.655. The maximum Gasteiger partial charge on any atom is 0.307 e. The number of nitrogens with one attached hydrogen (secondary N) is 1. The number of carboxylic acids is 1. The molecule has 2 bridgehead atoms. The van der Waals surface area contributed by atoms with E-state index in [1.54, 1.807) is 24.3 Å². The summed E-state index contributed by atoms with van der Waals surface area (Å²) in [5, 5.41) is 12.4. The second kappa shape index (κ2) is 6.83. The number of carbonyl (C=O) groups excluding carboxylic acids is 1. The Hall–Kier alpha value is -2.82. The Morgan fingerprint density at radius 3 is 2.15 bits per heavy atom. The molecule has 2 aromatic rings. The van der Waals surface area contributed by atoms with Gasteiger partial charge in [-0.05, 0) is 67.5 Å². The third-order valence-electron chi connectivity index (χ3n) is 5.61. The maximum atomic E-state index is 12.7. The lowest BCUT2D eigenvalue weighted by Crippen LogP contribution is -2.37. The molecule has 2 aliphatic carbocycles. The Kier molecular flexibility index (Phi) is 4.37. The van der Waals surface area contributed by atoms with Crippen molar-refractivity contribution in [3.05, 3.63) is 54.6 Å². The van der Waals surface area contributed by atoms with Gasteiger partial charge in [-0.1, -0.05) is 18.2 Å². The van der Waals surface area contributed by atoms with Gasteiger partial charge in [-0.2, -0.15) is 0 Å². The molecule has 0 saturated heterocycles. The van der Waals surface area contributed by atoms with E-state index in [1.807, 2.05) is 30.3 Å². The third kappa shape index (κ3) is 3.17. The van der Waals surface area contributed by atoms with E-state index in [9.17, 15) is 14.7 Å². The molecule has 1 amide bonds. The number of anilines is 1. The molecule has 2 N–H and O–H groups in total. The van der Waals surface area contributed by atoms with Crippen molar-refractivity contribution in [2.24, 2.45) is 23.7 Å². The monoisotopic (exact) mass is 351 g/mol. The number of aliphatic carboxylic acids is 1. The molecule has 4 rings (SSSR count). The standard InChI is InChI=1S/C21H21NO4/c23-20(18-13-6-7-14(12-13)19(18)21(24)25)22-15-8-10-17(11-9-15)26-16-4-2-1-3-5-16/h1-5,8-11,13-14,18-19H,6-7,12H2,(H,22,23)(H,24,25)/t13-,14+,18-,19+/m0/s1. The predicted molar refractivity (Wildman–Crippen MR) is 97.0 cm³/mol. The zero-order valence-electron chi connectivity index (χ0n) is 14.3. The van der Waals surface area contributed by atoms with Gasteiger partial charge in [0.05, 0.1) is 11.8 Å². The minimum atomic E-state index is -0.844. The van der Waals surface area contributed by atoms with Gasteiger partial charge < -0.3 is 15.2 Å². The van der Waals surface area contributed by atoms with Crippen molar-refractivity contribution in [1.82, 2.24) is 0 Å². The fourth-order valence-electron chi connectivity index (χ4n) is 4.48. The number of amides is 1. The van der Waals surface area contributed by atoms with Crippen LogP contribution in [0.15, 0.2) is 54.6 Å². The van der Waals surface area contributed by atoms with E-state index in [0.29, 0.717) is 11.4 Å². The molecule has 2 saturated carbocycles. The van der Waals surface area contributed by atoms with E-state index >= 15 is 0 Å². The molecule has 0 unspecified atom stereocenters. The number of ether oxygens (including phenoxy) is 1. The Morgan fingerprint density at radius 1 is 0.885 bits per heavy atom. The lowest BCUT2D eigenvalue weighted by atomic mass is 9.78. The highest BCUT2D eigenvalue weighted by Gasteiger charge is 2.53. The Balaban J connectivity index is 1.42. The van der Waals surface area contributed by atoms with Crippen LogP contribution in [0.1, 0.15) is 19.3 Å². The second-order valence-electron chi connectivity index (χ2n) is 7.15. The zero-order valence-corrected chi connectivity index (χ0v) is 14.3. The van der Waals surface area contributed by atoms with Crippen molar-refractivity contribution in [1.29, 1.82) is 0 Å². The lowest BCUT2D eigenvalue weighted by molar-refractivity contribution is -0.148. The van der Waals surface area contributed by atoms with Crippen molar-refractivity contribution in [3.63, 3.8) is 0 Å². The van der Waals surface area contributed by atoms with Crippen LogP contribution >= 0.6 is 0 Å². The van der Waals surface area contributed by atoms with Gasteiger partial charge in [-0.25, -0.2) is 0 Å². The van der Waals surface area contributed by atoms with Crippen LogP contribution < -0.4 is 10.1 Å². The van der Waals surface area contributed by atoms with Crippen LogP contribution in [0.5, 0.6) is 11.5 Å². The highest BCUT2D eigenvalue weighted by atomic mass is 16.5. The largest absolute Gasteiger partial charge is 0.481 e. The summed E-state index contributed by atoms with van der Waals surface area (Å²) < 4.78 is 5.74. The minimum Gasteiger partial charge on any atom is -0.481 e. The molecule has 0 heterocycles. The van der Waals surface area contributed by atoms with Gasteiger partial charge in [-0.15, -0.1) is 0 Å². The topological polar surface area (TPSA) is 75.6 Å². The summed E-state index contributed by atoms with van der Waals surface area (Å²) in [6, 6.07) is 16.6. The third-order valence-corrected chi connectivity index (χ3v) is 5.61. The molecule has 0 spiro atoms. The van der Waals surface area contributed by atoms with E-state index in [-0.39, 0.29) is 17.7 Å². The number of hydrogen-bond donors (Lipinski definition) is 2. The molecule has 26 heavy (non-hydrogen) atoms. The Bertz CT molecular complexity index is 803. The van der Waals surface area contributed by atoms with Gasteiger partial charge in [-0.3, -0.25) is 9.59 Å². The fourth-order valence-corrected chi connectivity index (χ4v) is 4.48. The quantitative estimate of drug-likeness (QED) is 0.848. The van der Waals surface area contributed by atoms with E-state index in [0.717, 1.165) is 25.0 Å². The van der Waals surface area contributed by atoms with Crippen LogP contribution in [0, 0.1) is 23.7 Å². The molecule has 2 aliphatic rings. The lowest BCUT2D eigenvalue weighted by Gasteiger charge is -2.27. The van der Waals surface area contributed by atoms with Crippen molar-refractivity contribution >= 4 is 17.6 Å². The van der Waals surface area contributed by atoms with Crippen LogP contribution in [-0.2, 0) is 9.59 Å². The van der Waals surface area contributed by atoms with Gasteiger partial charge >= 0.3 is 5.97 Å². The van der Waals surface area contributed by atoms with Crippen LogP contribution in [-0.4, -0.2) is 17.0 Å². The number of para-hydroxylation sites is 1. The van der Waals surface area contributed by atoms with Crippen LogP contribution in [0.2, 0.25) is 0 Å². The van der Waals surface area contributed by atoms with Crippen LogP contribution in [0.3, 0.4) is 0 Å². The maximum absolute atomic E-state index is 12.7. The predicted octanol–water partition coefficient (Wildman–Crippen LogP) is 4.16. The molecule has 2 fully saturated rings. The summed E-state index contributed by atoms with van der Waals surface area (Å²) in [5.74, 6) is -0.226. The molecular formula is C21H21NO4. The first kappa shape index (κ1) is 16.6. The molecule has 5 heteroatoms. The molecule has 0 aliphatic heterocycles. The van der Waals surface area contributed by atoms with Gasteiger partial charge in [0.25, 0.3) is 0 Å². The summed E-state index contributed by atoms with van der Waals surface area (Å²) in [6.45, 7) is 0. The molecule has 4 atom stereocenters. The number of rotatable bonds is 5. The molecule has 0 radical (unpaired) electrons.